The lowest BCUT2D eigenvalue weighted by Crippen LogP contribution is -2.20. The van der Waals surface area contributed by atoms with E-state index in [2.05, 4.69) is 10.7 Å². The van der Waals surface area contributed by atoms with E-state index in [1.54, 1.807) is 18.2 Å². The van der Waals surface area contributed by atoms with Gasteiger partial charge in [-0.3, -0.25) is 9.59 Å². The normalized spacial score (nSPS) is 11.5. The minimum absolute atomic E-state index is 0.0830. The Hall–Kier alpha value is -1.50. The molecule has 100 valence electrons. The molecule has 0 spiro atoms. The summed E-state index contributed by atoms with van der Waals surface area (Å²) < 4.78 is 4.61. The molecule has 0 aliphatic carbocycles. The molecule has 1 unspecified atom stereocenters. The summed E-state index contributed by atoms with van der Waals surface area (Å²) in [7, 11) is 1.25. The van der Waals surface area contributed by atoms with Gasteiger partial charge in [0, 0.05) is 12.8 Å². The van der Waals surface area contributed by atoms with Crippen molar-refractivity contribution in [2.45, 2.75) is 12.8 Å². The number of ether oxygens (including phenoxy) is 1. The zero-order valence-electron chi connectivity index (χ0n) is 10.3. The summed E-state index contributed by atoms with van der Waals surface area (Å²) in [6.07, 6.45) is 5.22. The van der Waals surface area contributed by atoms with Crippen LogP contribution in [-0.4, -0.2) is 18.9 Å². The molecular formula is C14H12Cl2O3. The topological polar surface area (TPSA) is 43.4 Å². The fourth-order valence-electron chi connectivity index (χ4n) is 1.64. The highest BCUT2D eigenvalue weighted by Gasteiger charge is 2.24. The first-order valence-electron chi connectivity index (χ1n) is 5.49. The molecule has 0 fully saturated rings. The van der Waals surface area contributed by atoms with Crippen molar-refractivity contribution in [3.05, 3.63) is 33.8 Å². The molecule has 0 saturated carbocycles. The van der Waals surface area contributed by atoms with Gasteiger partial charge in [0.2, 0.25) is 0 Å². The fraction of sp³-hybridized carbons (Fsp3) is 0.286. The second-order valence-corrected chi connectivity index (χ2v) is 4.67. The van der Waals surface area contributed by atoms with Gasteiger partial charge in [0.15, 0.2) is 5.78 Å². The Morgan fingerprint density at radius 2 is 1.95 bits per heavy atom. The summed E-state index contributed by atoms with van der Waals surface area (Å²) in [5, 5.41) is 0.503. The molecule has 0 radical (unpaired) electrons. The van der Waals surface area contributed by atoms with E-state index in [-0.39, 0.29) is 34.2 Å². The van der Waals surface area contributed by atoms with Gasteiger partial charge in [-0.05, 0) is 12.1 Å². The quantitative estimate of drug-likeness (QED) is 0.475. The number of esters is 1. The molecule has 0 N–H and O–H groups in total. The largest absolute Gasteiger partial charge is 0.469 e. The summed E-state index contributed by atoms with van der Waals surface area (Å²) in [6, 6.07) is 4.77. The van der Waals surface area contributed by atoms with Gasteiger partial charge in [-0.2, -0.15) is 0 Å². The lowest BCUT2D eigenvalue weighted by molar-refractivity contribution is -0.145. The van der Waals surface area contributed by atoms with Crippen LogP contribution in [0.1, 0.15) is 23.2 Å². The average molecular weight is 299 g/mol. The number of benzene rings is 1. The first-order chi connectivity index (χ1) is 9.01. The summed E-state index contributed by atoms with van der Waals surface area (Å²) in [5.74, 6) is 0.814. The highest BCUT2D eigenvalue weighted by Crippen LogP contribution is 2.27. The molecule has 1 rings (SSSR count). The minimum atomic E-state index is -0.685. The van der Waals surface area contributed by atoms with Gasteiger partial charge in [0.25, 0.3) is 0 Å². The minimum Gasteiger partial charge on any atom is -0.469 e. The van der Waals surface area contributed by atoms with Crippen molar-refractivity contribution >= 4 is 35.0 Å². The number of terminal acetylenes is 1. The van der Waals surface area contributed by atoms with Gasteiger partial charge in [0.1, 0.15) is 0 Å². The van der Waals surface area contributed by atoms with Crippen molar-refractivity contribution in [3.63, 3.8) is 0 Å². The van der Waals surface area contributed by atoms with Crippen LogP contribution < -0.4 is 0 Å². The third kappa shape index (κ3) is 3.99. The number of carbonyl (C=O) groups excluding carboxylic acids is 2. The number of methoxy groups -OCH3 is 1. The molecule has 0 saturated heterocycles. The van der Waals surface area contributed by atoms with Crippen molar-refractivity contribution in [3.8, 4) is 12.3 Å². The van der Waals surface area contributed by atoms with Crippen LogP contribution in [-0.2, 0) is 9.53 Å². The summed E-state index contributed by atoms with van der Waals surface area (Å²) in [5.41, 5.74) is 0.205. The van der Waals surface area contributed by atoms with Gasteiger partial charge < -0.3 is 4.74 Å². The van der Waals surface area contributed by atoms with E-state index in [4.69, 9.17) is 29.6 Å². The van der Waals surface area contributed by atoms with Gasteiger partial charge >= 0.3 is 5.97 Å². The maximum Gasteiger partial charge on any atom is 0.310 e. The second kappa shape index (κ2) is 7.18. The predicted molar refractivity (Wildman–Crippen MR) is 74.4 cm³/mol. The van der Waals surface area contributed by atoms with E-state index < -0.39 is 11.9 Å². The Labute approximate surface area is 121 Å². The van der Waals surface area contributed by atoms with E-state index in [0.29, 0.717) is 0 Å². The smallest absolute Gasteiger partial charge is 0.310 e. The van der Waals surface area contributed by atoms with Crippen molar-refractivity contribution < 1.29 is 14.3 Å². The molecule has 0 aromatic heterocycles. The van der Waals surface area contributed by atoms with E-state index >= 15 is 0 Å². The van der Waals surface area contributed by atoms with Crippen LogP contribution in [0.3, 0.4) is 0 Å². The van der Waals surface area contributed by atoms with Crippen molar-refractivity contribution in [1.29, 1.82) is 0 Å². The maximum atomic E-state index is 12.1. The number of Topliss-reactive ketones (excluding diaryl/α,β-unsaturated/α-hetero) is 1. The van der Waals surface area contributed by atoms with E-state index in [1.807, 2.05) is 0 Å². The van der Waals surface area contributed by atoms with Crippen LogP contribution >= 0.6 is 23.2 Å². The Morgan fingerprint density at radius 3 is 2.42 bits per heavy atom. The predicted octanol–water partition coefficient (Wildman–Crippen LogP) is 3.38. The molecule has 1 atom stereocenters. The molecule has 1 aromatic rings. The van der Waals surface area contributed by atoms with Crippen LogP contribution in [0.25, 0.3) is 0 Å². The first kappa shape index (κ1) is 15.6. The van der Waals surface area contributed by atoms with Gasteiger partial charge in [0.05, 0.1) is 28.6 Å². The van der Waals surface area contributed by atoms with Gasteiger partial charge in [-0.15, -0.1) is 12.3 Å². The van der Waals surface area contributed by atoms with Crippen molar-refractivity contribution in [1.82, 2.24) is 0 Å². The molecule has 0 amide bonds. The lowest BCUT2D eigenvalue weighted by Gasteiger charge is -2.12. The van der Waals surface area contributed by atoms with Crippen molar-refractivity contribution in [2.24, 2.45) is 5.92 Å². The molecule has 0 aliphatic rings. The third-order valence-electron chi connectivity index (χ3n) is 2.57. The number of carbonyl (C=O) groups is 2. The SMILES string of the molecule is C#CCC(CC(=O)c1c(Cl)cccc1Cl)C(=O)OC. The van der Waals surface area contributed by atoms with Gasteiger partial charge in [-0.1, -0.05) is 29.3 Å². The van der Waals surface area contributed by atoms with Crippen LogP contribution in [0.4, 0.5) is 0 Å². The number of rotatable bonds is 5. The van der Waals surface area contributed by atoms with Crippen LogP contribution in [0.5, 0.6) is 0 Å². The van der Waals surface area contributed by atoms with Crippen LogP contribution in [0, 0.1) is 18.3 Å². The van der Waals surface area contributed by atoms with Crippen molar-refractivity contribution in [2.75, 3.05) is 7.11 Å². The van der Waals surface area contributed by atoms with E-state index in [1.165, 1.54) is 7.11 Å². The molecule has 3 nitrogen and oxygen atoms in total. The second-order valence-electron chi connectivity index (χ2n) is 3.85. The molecular weight excluding hydrogens is 287 g/mol. The summed E-state index contributed by atoms with van der Waals surface area (Å²) >= 11 is 11.9. The fourth-order valence-corrected chi connectivity index (χ4v) is 2.25. The summed E-state index contributed by atoms with van der Waals surface area (Å²) in [6.45, 7) is 0. The molecule has 19 heavy (non-hydrogen) atoms. The van der Waals surface area contributed by atoms with Crippen LogP contribution in [0.15, 0.2) is 18.2 Å². The van der Waals surface area contributed by atoms with E-state index in [9.17, 15) is 9.59 Å². The number of halogens is 2. The third-order valence-corrected chi connectivity index (χ3v) is 3.20. The molecule has 0 bridgehead atoms. The van der Waals surface area contributed by atoms with E-state index in [0.717, 1.165) is 0 Å². The van der Waals surface area contributed by atoms with Gasteiger partial charge in [-0.25, -0.2) is 0 Å². The number of ketones is 1. The Bertz CT molecular complexity index is 512. The van der Waals surface area contributed by atoms with Crippen LogP contribution in [0.2, 0.25) is 10.0 Å². The monoisotopic (exact) mass is 298 g/mol. The Kier molecular flexibility index (Phi) is 5.88. The first-order valence-corrected chi connectivity index (χ1v) is 6.25. The standard InChI is InChI=1S/C14H12Cl2O3/c1-3-5-9(14(18)19-2)8-12(17)13-10(15)6-4-7-11(13)16/h1,4,6-7,9H,5,8H2,2H3. The molecule has 0 aliphatic heterocycles. The molecule has 5 heteroatoms. The highest BCUT2D eigenvalue weighted by molar-refractivity contribution is 6.39. The highest BCUT2D eigenvalue weighted by atomic mass is 35.5. The Morgan fingerprint density at radius 1 is 1.37 bits per heavy atom. The number of hydrogen-bond acceptors (Lipinski definition) is 3. The average Bonchev–Trinajstić information content (AvgIpc) is 2.37. The number of hydrogen-bond donors (Lipinski definition) is 0. The molecule has 1 aromatic carbocycles. The Balaban J connectivity index is 2.95. The zero-order chi connectivity index (χ0) is 14.4. The summed E-state index contributed by atoms with van der Waals surface area (Å²) in [4.78, 5) is 23.6. The molecule has 0 heterocycles. The lowest BCUT2D eigenvalue weighted by atomic mass is 9.95. The zero-order valence-corrected chi connectivity index (χ0v) is 11.8. The maximum absolute atomic E-state index is 12.1.